The third-order valence-corrected chi connectivity index (χ3v) is 6.00. The normalized spacial score (nSPS) is 14.7. The molecular formula is C25H30N2O5. The lowest BCUT2D eigenvalue weighted by Crippen LogP contribution is -2.32. The van der Waals surface area contributed by atoms with Crippen LogP contribution in [0.25, 0.3) is 22.3 Å². The minimum atomic E-state index is -0.570. The van der Waals surface area contributed by atoms with E-state index in [1.54, 1.807) is 0 Å². The fraction of sp³-hybridized carbons (Fsp3) is 0.400. The number of methoxy groups -OCH3 is 1. The van der Waals surface area contributed by atoms with Crippen molar-refractivity contribution in [3.8, 4) is 28.6 Å². The summed E-state index contributed by atoms with van der Waals surface area (Å²) in [5.74, 6) is -0.492. The molecule has 7 heteroatoms. The molecule has 0 radical (unpaired) electrons. The maximum atomic E-state index is 12.6. The number of aromatic hydroxyl groups is 2. The Kier molecular flexibility index (Phi) is 6.97. The minimum Gasteiger partial charge on any atom is -0.504 e. The van der Waals surface area contributed by atoms with Crippen molar-refractivity contribution in [1.29, 1.82) is 0 Å². The summed E-state index contributed by atoms with van der Waals surface area (Å²) in [4.78, 5) is 15.2. The van der Waals surface area contributed by atoms with Crippen LogP contribution in [0, 0.1) is 0 Å². The first-order chi connectivity index (χ1) is 15.6. The number of likely N-dealkylation sites (tertiary alicyclic amines) is 1. The summed E-state index contributed by atoms with van der Waals surface area (Å²) in [6.45, 7) is 5.30. The summed E-state index contributed by atoms with van der Waals surface area (Å²) in [5.41, 5.74) is 1.20. The highest BCUT2D eigenvalue weighted by atomic mass is 16.5. The summed E-state index contributed by atoms with van der Waals surface area (Å²) in [5, 5.41) is 24.1. The van der Waals surface area contributed by atoms with E-state index in [1.807, 2.05) is 24.3 Å². The smallest absolute Gasteiger partial charge is 0.235 e. The Morgan fingerprint density at radius 2 is 1.81 bits per heavy atom. The Balaban J connectivity index is 1.43. The highest BCUT2D eigenvalue weighted by molar-refractivity contribution is 5.88. The molecule has 0 unspecified atom stereocenters. The summed E-state index contributed by atoms with van der Waals surface area (Å²) < 4.78 is 11.0. The zero-order valence-electron chi connectivity index (χ0n) is 18.4. The lowest BCUT2D eigenvalue weighted by Gasteiger charge is -2.26. The summed E-state index contributed by atoms with van der Waals surface area (Å²) in [6, 6.07) is 10.2. The maximum Gasteiger partial charge on any atom is 0.235 e. The number of nitrogens with one attached hydrogen (secondary N) is 1. The molecule has 0 amide bonds. The van der Waals surface area contributed by atoms with Gasteiger partial charge in [-0.3, -0.25) is 4.79 Å². The van der Waals surface area contributed by atoms with E-state index >= 15 is 0 Å². The van der Waals surface area contributed by atoms with Crippen LogP contribution in [-0.4, -0.2) is 48.4 Å². The quantitative estimate of drug-likeness (QED) is 0.460. The Morgan fingerprint density at radius 1 is 1.06 bits per heavy atom. The van der Waals surface area contributed by atoms with E-state index < -0.39 is 11.2 Å². The monoisotopic (exact) mass is 438 g/mol. The maximum absolute atomic E-state index is 12.6. The van der Waals surface area contributed by atoms with E-state index in [4.69, 9.17) is 9.15 Å². The van der Waals surface area contributed by atoms with Gasteiger partial charge in [0, 0.05) is 12.1 Å². The van der Waals surface area contributed by atoms with Gasteiger partial charge in [-0.15, -0.1) is 0 Å². The van der Waals surface area contributed by atoms with Gasteiger partial charge >= 0.3 is 0 Å². The summed E-state index contributed by atoms with van der Waals surface area (Å²) in [7, 11) is 1.38. The highest BCUT2D eigenvalue weighted by Gasteiger charge is 2.19. The fourth-order valence-corrected chi connectivity index (χ4v) is 4.22. The van der Waals surface area contributed by atoms with Crippen molar-refractivity contribution in [2.24, 2.45) is 0 Å². The first-order valence-corrected chi connectivity index (χ1v) is 11.2. The second-order valence-electron chi connectivity index (χ2n) is 8.23. The average Bonchev–Trinajstić information content (AvgIpc) is 2.82. The lowest BCUT2D eigenvalue weighted by atomic mass is 10.1. The first-order valence-electron chi connectivity index (χ1n) is 11.2. The van der Waals surface area contributed by atoms with Gasteiger partial charge in [0.15, 0.2) is 17.1 Å². The van der Waals surface area contributed by atoms with Crippen molar-refractivity contribution < 1.29 is 19.4 Å². The van der Waals surface area contributed by atoms with E-state index in [2.05, 4.69) is 10.2 Å². The number of phenols is 1. The molecular weight excluding hydrogens is 408 g/mol. The van der Waals surface area contributed by atoms with Gasteiger partial charge < -0.3 is 29.6 Å². The van der Waals surface area contributed by atoms with Crippen molar-refractivity contribution in [2.45, 2.75) is 32.2 Å². The number of hydrogen-bond acceptors (Lipinski definition) is 7. The predicted molar refractivity (Wildman–Crippen MR) is 124 cm³/mol. The van der Waals surface area contributed by atoms with Crippen LogP contribution in [0.5, 0.6) is 17.2 Å². The molecule has 0 spiro atoms. The van der Waals surface area contributed by atoms with Crippen LogP contribution in [0.2, 0.25) is 0 Å². The van der Waals surface area contributed by atoms with E-state index in [-0.39, 0.29) is 28.2 Å². The third-order valence-electron chi connectivity index (χ3n) is 6.00. The van der Waals surface area contributed by atoms with Crippen molar-refractivity contribution in [2.75, 3.05) is 33.3 Å². The van der Waals surface area contributed by atoms with Crippen molar-refractivity contribution in [3.05, 3.63) is 52.2 Å². The fourth-order valence-electron chi connectivity index (χ4n) is 4.22. The topological polar surface area (TPSA) is 95.2 Å². The van der Waals surface area contributed by atoms with Gasteiger partial charge in [-0.2, -0.15) is 0 Å². The van der Waals surface area contributed by atoms with Crippen LogP contribution in [0.15, 0.2) is 45.6 Å². The molecule has 170 valence electrons. The molecule has 3 aromatic rings. The predicted octanol–water partition coefficient (Wildman–Crippen LogP) is 3.85. The van der Waals surface area contributed by atoms with Crippen molar-refractivity contribution in [1.82, 2.24) is 10.2 Å². The van der Waals surface area contributed by atoms with Gasteiger partial charge in [0.1, 0.15) is 0 Å². The Hall–Kier alpha value is -3.03. The second-order valence-corrected chi connectivity index (χ2v) is 8.23. The van der Waals surface area contributed by atoms with E-state index in [0.717, 1.165) is 31.6 Å². The molecule has 1 aromatic heterocycles. The van der Waals surface area contributed by atoms with E-state index in [9.17, 15) is 15.0 Å². The largest absolute Gasteiger partial charge is 0.504 e. The number of hydrogen-bond donors (Lipinski definition) is 3. The van der Waals surface area contributed by atoms with Crippen LogP contribution in [0.3, 0.4) is 0 Å². The average molecular weight is 439 g/mol. The summed E-state index contributed by atoms with van der Waals surface area (Å²) in [6.07, 6.45) is 5.13. The van der Waals surface area contributed by atoms with Gasteiger partial charge in [0.2, 0.25) is 16.9 Å². The number of nitrogens with zero attached hydrogens (tertiary/aromatic N) is 1. The van der Waals surface area contributed by atoms with E-state index in [0.29, 0.717) is 5.56 Å². The number of phenolic OH excluding ortho intramolecular Hbond substituents is 1. The lowest BCUT2D eigenvalue weighted by molar-refractivity contribution is 0.225. The van der Waals surface area contributed by atoms with Gasteiger partial charge in [-0.1, -0.05) is 30.7 Å². The second kappa shape index (κ2) is 10.1. The van der Waals surface area contributed by atoms with E-state index in [1.165, 1.54) is 51.6 Å². The molecule has 2 heterocycles. The van der Waals surface area contributed by atoms with Crippen LogP contribution < -0.4 is 15.5 Å². The number of ether oxygens (including phenoxy) is 1. The SMILES string of the molecule is COc1c(O)ccc2c(=O)c(O)c(-c3ccc(CNCCCN4CCCCC4)cc3)oc12. The molecule has 1 aliphatic heterocycles. The number of piperidine rings is 1. The molecule has 0 atom stereocenters. The van der Waals surface area contributed by atoms with Gasteiger partial charge in [-0.05, 0) is 63.1 Å². The molecule has 7 nitrogen and oxygen atoms in total. The molecule has 1 saturated heterocycles. The Bertz CT molecular complexity index is 1120. The van der Waals surface area contributed by atoms with Crippen molar-refractivity contribution >= 4 is 11.0 Å². The van der Waals surface area contributed by atoms with Gasteiger partial charge in [0.25, 0.3) is 0 Å². The number of benzene rings is 2. The molecule has 4 rings (SSSR count). The summed E-state index contributed by atoms with van der Waals surface area (Å²) >= 11 is 0. The first kappa shape index (κ1) is 22.2. The molecule has 0 aliphatic carbocycles. The number of rotatable bonds is 8. The molecule has 2 aromatic carbocycles. The van der Waals surface area contributed by atoms with Crippen molar-refractivity contribution in [3.63, 3.8) is 0 Å². The highest BCUT2D eigenvalue weighted by Crippen LogP contribution is 2.38. The molecule has 0 saturated carbocycles. The van der Waals surface area contributed by atoms with Crippen LogP contribution in [0.1, 0.15) is 31.2 Å². The van der Waals surface area contributed by atoms with Crippen LogP contribution in [0.4, 0.5) is 0 Å². The van der Waals surface area contributed by atoms with Crippen LogP contribution in [-0.2, 0) is 6.54 Å². The number of fused-ring (bicyclic) bond motifs is 1. The molecule has 1 aliphatic rings. The Labute approximate surface area is 187 Å². The minimum absolute atomic E-state index is 0.0486. The zero-order valence-corrected chi connectivity index (χ0v) is 18.4. The standard InChI is InChI=1S/C25H30N2O5/c1-31-25-20(28)11-10-19-21(29)22(30)23(32-24(19)25)18-8-6-17(7-9-18)16-26-12-5-15-27-13-3-2-4-14-27/h6-11,26,28,30H,2-5,12-16H2,1H3. The van der Waals surface area contributed by atoms with Gasteiger partial charge in [-0.25, -0.2) is 0 Å². The molecule has 3 N–H and O–H groups in total. The van der Waals surface area contributed by atoms with Gasteiger partial charge in [0.05, 0.1) is 12.5 Å². The Morgan fingerprint density at radius 3 is 2.53 bits per heavy atom. The third kappa shape index (κ3) is 4.74. The zero-order chi connectivity index (χ0) is 22.5. The molecule has 32 heavy (non-hydrogen) atoms. The van der Waals surface area contributed by atoms with Crippen LogP contribution >= 0.6 is 0 Å². The molecule has 0 bridgehead atoms. The molecule has 1 fully saturated rings.